The Balaban J connectivity index is 0.000000479. The molecule has 1 atom stereocenters. The minimum absolute atomic E-state index is 0.0563. The minimum atomic E-state index is -5.08. The fourth-order valence-corrected chi connectivity index (χ4v) is 3.68. The van der Waals surface area contributed by atoms with Crippen molar-refractivity contribution >= 4 is 29.2 Å². The fraction of sp³-hybridized carbons (Fsp3) is 0.571. The first kappa shape index (κ1) is 26.1. The van der Waals surface area contributed by atoms with Gasteiger partial charge in [-0.1, -0.05) is 19.0 Å². The molecular formula is C21H27F3N4O5. The summed E-state index contributed by atoms with van der Waals surface area (Å²) < 4.78 is 31.7. The lowest BCUT2D eigenvalue weighted by molar-refractivity contribution is -0.192. The molecule has 1 saturated heterocycles. The van der Waals surface area contributed by atoms with Gasteiger partial charge in [0, 0.05) is 25.1 Å². The molecule has 33 heavy (non-hydrogen) atoms. The summed E-state index contributed by atoms with van der Waals surface area (Å²) in [5, 5.41) is 13.9. The number of nitrogens with one attached hydrogen (secondary N) is 1. The molecule has 1 aromatic rings. The summed E-state index contributed by atoms with van der Waals surface area (Å²) in [6.07, 6.45) is 1.91. The van der Waals surface area contributed by atoms with Crippen LogP contribution in [0.1, 0.15) is 46.0 Å². The third-order valence-electron chi connectivity index (χ3n) is 5.45. The highest BCUT2D eigenvalue weighted by Crippen LogP contribution is 2.34. The van der Waals surface area contributed by atoms with E-state index in [1.165, 1.54) is 0 Å². The molecule has 3 rings (SSSR count). The molecule has 1 spiro atoms. The van der Waals surface area contributed by atoms with Crippen molar-refractivity contribution in [3.05, 3.63) is 24.5 Å². The standard InChI is InChI=1S/C19H26N4O3.C2HF3O2/c1-3-14(4-2)18(25)23-10-6-8-19(13-23)11-16(22-26-19)17(24)21-15-7-5-9-20-12-15;3-2(4,5)1(6)7/h5,7,9,12,14H,3-4,6,8,10-11,13H2,1-2H3,(H,21,24);(H,6,7). The molecule has 12 heteroatoms. The molecule has 2 aliphatic heterocycles. The highest BCUT2D eigenvalue weighted by molar-refractivity contribution is 6.43. The normalized spacial score (nSPS) is 19.9. The number of pyridine rings is 1. The summed E-state index contributed by atoms with van der Waals surface area (Å²) in [5.74, 6) is -2.79. The van der Waals surface area contributed by atoms with Gasteiger partial charge in [-0.25, -0.2) is 4.79 Å². The van der Waals surface area contributed by atoms with Crippen LogP contribution in [0, 0.1) is 5.92 Å². The number of alkyl halides is 3. The van der Waals surface area contributed by atoms with Gasteiger partial charge in [-0.05, 0) is 37.8 Å². The molecular weight excluding hydrogens is 445 g/mol. The number of nitrogens with zero attached hydrogens (tertiary/aromatic N) is 3. The monoisotopic (exact) mass is 472 g/mol. The number of carboxylic acid groups (broad SMARTS) is 1. The maximum absolute atomic E-state index is 12.7. The first-order chi connectivity index (χ1) is 15.5. The van der Waals surface area contributed by atoms with E-state index in [0.717, 1.165) is 32.2 Å². The van der Waals surface area contributed by atoms with E-state index in [1.807, 2.05) is 18.7 Å². The van der Waals surface area contributed by atoms with Crippen molar-refractivity contribution in [2.75, 3.05) is 18.4 Å². The topological polar surface area (TPSA) is 121 Å². The number of halogens is 3. The molecule has 2 amide bonds. The average Bonchev–Trinajstić information content (AvgIpc) is 3.18. The second-order valence-corrected chi connectivity index (χ2v) is 7.86. The molecule has 2 aliphatic rings. The molecule has 0 radical (unpaired) electrons. The van der Waals surface area contributed by atoms with Crippen LogP contribution in [0.25, 0.3) is 0 Å². The van der Waals surface area contributed by atoms with E-state index >= 15 is 0 Å². The fourth-order valence-electron chi connectivity index (χ4n) is 3.68. The maximum atomic E-state index is 12.7. The van der Waals surface area contributed by atoms with Gasteiger partial charge in [0.25, 0.3) is 5.91 Å². The van der Waals surface area contributed by atoms with Gasteiger partial charge in [0.05, 0.1) is 18.4 Å². The number of aliphatic carboxylic acids is 1. The first-order valence-corrected chi connectivity index (χ1v) is 10.6. The zero-order valence-corrected chi connectivity index (χ0v) is 18.4. The number of carbonyl (C=O) groups excluding carboxylic acids is 2. The predicted molar refractivity (Wildman–Crippen MR) is 112 cm³/mol. The van der Waals surface area contributed by atoms with Crippen molar-refractivity contribution in [3.8, 4) is 0 Å². The lowest BCUT2D eigenvalue weighted by atomic mass is 9.87. The van der Waals surface area contributed by atoms with Gasteiger partial charge in [-0.15, -0.1) is 0 Å². The zero-order chi connectivity index (χ0) is 24.6. The number of carboxylic acids is 1. The van der Waals surface area contributed by atoms with Crippen LogP contribution in [0.4, 0.5) is 18.9 Å². The zero-order valence-electron chi connectivity index (χ0n) is 18.4. The van der Waals surface area contributed by atoms with E-state index < -0.39 is 17.7 Å². The molecule has 2 N–H and O–H groups in total. The number of amides is 2. The Morgan fingerprint density at radius 3 is 2.52 bits per heavy atom. The quantitative estimate of drug-likeness (QED) is 0.679. The summed E-state index contributed by atoms with van der Waals surface area (Å²) in [6, 6.07) is 3.53. The maximum Gasteiger partial charge on any atom is 0.490 e. The van der Waals surface area contributed by atoms with Crippen molar-refractivity contribution in [2.24, 2.45) is 11.1 Å². The van der Waals surface area contributed by atoms with Crippen LogP contribution in [0.5, 0.6) is 0 Å². The van der Waals surface area contributed by atoms with Gasteiger partial charge in [0.2, 0.25) is 5.91 Å². The van der Waals surface area contributed by atoms with Gasteiger partial charge in [-0.3, -0.25) is 14.6 Å². The third kappa shape index (κ3) is 7.16. The molecule has 1 aromatic heterocycles. The van der Waals surface area contributed by atoms with E-state index in [2.05, 4.69) is 15.5 Å². The van der Waals surface area contributed by atoms with Crippen LogP contribution in [0.3, 0.4) is 0 Å². The van der Waals surface area contributed by atoms with Crippen molar-refractivity contribution in [2.45, 2.75) is 57.7 Å². The Labute approximate surface area is 189 Å². The number of aromatic nitrogens is 1. The average molecular weight is 472 g/mol. The second kappa shape index (κ2) is 11.1. The number of hydrogen-bond acceptors (Lipinski definition) is 6. The molecule has 182 valence electrons. The highest BCUT2D eigenvalue weighted by atomic mass is 19.4. The molecule has 9 nitrogen and oxygen atoms in total. The molecule has 1 unspecified atom stereocenters. The second-order valence-electron chi connectivity index (χ2n) is 7.86. The summed E-state index contributed by atoms with van der Waals surface area (Å²) in [6.45, 7) is 5.33. The summed E-state index contributed by atoms with van der Waals surface area (Å²) in [5.41, 5.74) is 0.419. The number of carbonyl (C=O) groups is 3. The largest absolute Gasteiger partial charge is 0.490 e. The van der Waals surface area contributed by atoms with Gasteiger partial charge >= 0.3 is 12.1 Å². The SMILES string of the molecule is CCC(CC)C(=O)N1CCCC2(CC(C(=O)Nc3cccnc3)=NO2)C1.O=C(O)C(F)(F)F. The number of rotatable bonds is 5. The van der Waals surface area contributed by atoms with E-state index in [1.54, 1.807) is 24.5 Å². The van der Waals surface area contributed by atoms with Crippen LogP contribution in [0.15, 0.2) is 29.7 Å². The Morgan fingerprint density at radius 1 is 1.30 bits per heavy atom. The summed E-state index contributed by atoms with van der Waals surface area (Å²) >= 11 is 0. The van der Waals surface area contributed by atoms with E-state index in [-0.39, 0.29) is 17.7 Å². The molecule has 3 heterocycles. The first-order valence-electron chi connectivity index (χ1n) is 10.6. The Bertz CT molecular complexity index is 874. The number of hydrogen-bond donors (Lipinski definition) is 2. The summed E-state index contributed by atoms with van der Waals surface area (Å²) in [7, 11) is 0. The number of anilines is 1. The smallest absolute Gasteiger partial charge is 0.475 e. The van der Waals surface area contributed by atoms with E-state index in [0.29, 0.717) is 24.4 Å². The Hall–Kier alpha value is -3.18. The number of oxime groups is 1. The molecule has 0 saturated carbocycles. The molecule has 1 fully saturated rings. The molecule has 0 aromatic carbocycles. The van der Waals surface area contributed by atoms with Gasteiger partial charge < -0.3 is 20.2 Å². The van der Waals surface area contributed by atoms with Crippen molar-refractivity contribution in [3.63, 3.8) is 0 Å². The minimum Gasteiger partial charge on any atom is -0.475 e. The van der Waals surface area contributed by atoms with Gasteiger partial charge in [0.1, 0.15) is 5.71 Å². The van der Waals surface area contributed by atoms with Crippen LogP contribution >= 0.6 is 0 Å². The van der Waals surface area contributed by atoms with E-state index in [9.17, 15) is 22.8 Å². The molecule has 0 aliphatic carbocycles. The number of likely N-dealkylation sites (tertiary alicyclic amines) is 1. The number of piperidine rings is 1. The third-order valence-corrected chi connectivity index (χ3v) is 5.45. The van der Waals surface area contributed by atoms with Crippen molar-refractivity contribution in [1.29, 1.82) is 0 Å². The van der Waals surface area contributed by atoms with Gasteiger partial charge in [-0.2, -0.15) is 13.2 Å². The van der Waals surface area contributed by atoms with Crippen LogP contribution in [0.2, 0.25) is 0 Å². The summed E-state index contributed by atoms with van der Waals surface area (Å²) in [4.78, 5) is 45.6. The van der Waals surface area contributed by atoms with Crippen molar-refractivity contribution < 1.29 is 37.5 Å². The van der Waals surface area contributed by atoms with E-state index in [4.69, 9.17) is 14.7 Å². The van der Waals surface area contributed by atoms with Crippen molar-refractivity contribution in [1.82, 2.24) is 9.88 Å². The van der Waals surface area contributed by atoms with Gasteiger partial charge in [0.15, 0.2) is 5.60 Å². The van der Waals surface area contributed by atoms with Crippen LogP contribution in [-0.2, 0) is 19.2 Å². The Morgan fingerprint density at radius 2 is 1.97 bits per heavy atom. The van der Waals surface area contributed by atoms with Crippen LogP contribution in [-0.4, -0.2) is 63.4 Å². The lowest BCUT2D eigenvalue weighted by Crippen LogP contribution is -2.52. The predicted octanol–water partition coefficient (Wildman–Crippen LogP) is 3.23. The Kier molecular flexibility index (Phi) is 8.77. The lowest BCUT2D eigenvalue weighted by Gasteiger charge is -2.39. The highest BCUT2D eigenvalue weighted by Gasteiger charge is 2.46. The molecule has 0 bridgehead atoms. The van der Waals surface area contributed by atoms with Crippen LogP contribution < -0.4 is 5.32 Å².